The first kappa shape index (κ1) is 11.0. The van der Waals surface area contributed by atoms with Gasteiger partial charge in [0.1, 0.15) is 0 Å². The minimum atomic E-state index is 0.0100. The van der Waals surface area contributed by atoms with Crippen molar-refractivity contribution in [2.45, 2.75) is 37.4 Å². The highest BCUT2D eigenvalue weighted by molar-refractivity contribution is 5.97. The molecule has 2 fully saturated rings. The van der Waals surface area contributed by atoms with Crippen molar-refractivity contribution >= 4 is 16.9 Å². The van der Waals surface area contributed by atoms with Gasteiger partial charge in [0.15, 0.2) is 0 Å². The van der Waals surface area contributed by atoms with Gasteiger partial charge in [-0.05, 0) is 37.5 Å². The van der Waals surface area contributed by atoms with Crippen LogP contribution < -0.4 is 10.6 Å². The van der Waals surface area contributed by atoms with Crippen LogP contribution in [0.4, 0.5) is 0 Å². The van der Waals surface area contributed by atoms with Crippen LogP contribution in [0.1, 0.15) is 29.6 Å². The lowest BCUT2D eigenvalue weighted by molar-refractivity contribution is 0.0931. The first-order valence-corrected chi connectivity index (χ1v) is 6.79. The highest BCUT2D eigenvalue weighted by Crippen LogP contribution is 2.28. The van der Waals surface area contributed by atoms with Crippen LogP contribution in [0.3, 0.4) is 0 Å². The fraction of sp³-hybridized carbons (Fsp3) is 0.429. The van der Waals surface area contributed by atoms with Crippen molar-refractivity contribution in [1.82, 2.24) is 20.6 Å². The van der Waals surface area contributed by atoms with Crippen LogP contribution >= 0.6 is 0 Å². The summed E-state index contributed by atoms with van der Waals surface area (Å²) in [5.74, 6) is 0.0100. The van der Waals surface area contributed by atoms with Gasteiger partial charge >= 0.3 is 0 Å². The molecular weight excluding hydrogens is 240 g/mol. The van der Waals surface area contributed by atoms with Crippen molar-refractivity contribution in [1.29, 1.82) is 0 Å². The zero-order chi connectivity index (χ0) is 12.8. The molecular formula is C14H16N4O. The minimum absolute atomic E-state index is 0.0100. The predicted octanol–water partition coefficient (Wildman–Crippen LogP) is 1.19. The minimum Gasteiger partial charge on any atom is -0.348 e. The quantitative estimate of drug-likeness (QED) is 0.756. The largest absolute Gasteiger partial charge is 0.348 e. The Kier molecular flexibility index (Phi) is 2.35. The second-order valence-corrected chi connectivity index (χ2v) is 5.50. The molecule has 0 radical (unpaired) electrons. The zero-order valence-electron chi connectivity index (χ0n) is 10.5. The number of H-pyrrole nitrogens is 1. The molecule has 1 aromatic heterocycles. The van der Waals surface area contributed by atoms with E-state index in [-0.39, 0.29) is 11.9 Å². The number of benzene rings is 1. The lowest BCUT2D eigenvalue weighted by atomic mass is 9.95. The Morgan fingerprint density at radius 3 is 3.11 bits per heavy atom. The third kappa shape index (κ3) is 1.81. The predicted molar refractivity (Wildman–Crippen MR) is 71.9 cm³/mol. The number of imidazole rings is 1. The summed E-state index contributed by atoms with van der Waals surface area (Å²) in [7, 11) is 0. The van der Waals surface area contributed by atoms with Crippen LogP contribution in [-0.2, 0) is 0 Å². The van der Waals surface area contributed by atoms with Crippen molar-refractivity contribution in [3.63, 3.8) is 0 Å². The molecule has 2 saturated heterocycles. The summed E-state index contributed by atoms with van der Waals surface area (Å²) >= 11 is 0. The molecule has 19 heavy (non-hydrogen) atoms. The van der Waals surface area contributed by atoms with Gasteiger partial charge in [-0.3, -0.25) is 4.79 Å². The van der Waals surface area contributed by atoms with Gasteiger partial charge < -0.3 is 15.6 Å². The van der Waals surface area contributed by atoms with Crippen LogP contribution in [0.15, 0.2) is 24.5 Å². The monoisotopic (exact) mass is 256 g/mol. The SMILES string of the molecule is O=C(N[C@@H]1C[C@H]2CC[C@@H]1N2)c1ccc2nc[nH]c2c1. The molecule has 2 aliphatic rings. The molecule has 3 heterocycles. The number of rotatable bonds is 2. The summed E-state index contributed by atoms with van der Waals surface area (Å²) in [6.45, 7) is 0. The van der Waals surface area contributed by atoms with Crippen molar-refractivity contribution in [3.05, 3.63) is 30.1 Å². The Bertz CT molecular complexity index is 635. The number of fused-ring (bicyclic) bond motifs is 3. The highest BCUT2D eigenvalue weighted by atomic mass is 16.1. The van der Waals surface area contributed by atoms with E-state index in [1.807, 2.05) is 18.2 Å². The summed E-state index contributed by atoms with van der Waals surface area (Å²) in [6.07, 6.45) is 5.13. The maximum absolute atomic E-state index is 12.3. The number of hydrogen-bond acceptors (Lipinski definition) is 3. The molecule has 0 unspecified atom stereocenters. The Morgan fingerprint density at radius 2 is 2.32 bits per heavy atom. The van der Waals surface area contributed by atoms with Crippen LogP contribution in [0.2, 0.25) is 0 Å². The molecule has 1 aromatic carbocycles. The standard InChI is InChI=1S/C14H16N4O/c19-14(18-13-6-9-2-4-11(13)17-9)8-1-3-10-12(5-8)16-7-15-10/h1,3,5,7,9,11,13,17H,2,4,6H2,(H,15,16)(H,18,19)/t9-,11+,13-/m1/s1. The molecule has 98 valence electrons. The number of aromatic nitrogens is 2. The van der Waals surface area contributed by atoms with Gasteiger partial charge in [-0.1, -0.05) is 0 Å². The normalized spacial score (nSPS) is 28.9. The molecule has 4 rings (SSSR count). The molecule has 5 heteroatoms. The topological polar surface area (TPSA) is 69.8 Å². The van der Waals surface area contributed by atoms with Gasteiger partial charge in [-0.2, -0.15) is 0 Å². The lowest BCUT2D eigenvalue weighted by Gasteiger charge is -2.21. The van der Waals surface area contributed by atoms with E-state index < -0.39 is 0 Å². The Balaban J connectivity index is 1.53. The van der Waals surface area contributed by atoms with E-state index in [2.05, 4.69) is 20.6 Å². The Hall–Kier alpha value is -1.88. The van der Waals surface area contributed by atoms with E-state index in [4.69, 9.17) is 0 Å². The van der Waals surface area contributed by atoms with Gasteiger partial charge in [0, 0.05) is 23.7 Å². The summed E-state index contributed by atoms with van der Waals surface area (Å²) in [5, 5.41) is 6.68. The first-order valence-electron chi connectivity index (χ1n) is 6.79. The maximum Gasteiger partial charge on any atom is 0.251 e. The maximum atomic E-state index is 12.3. The molecule has 0 saturated carbocycles. The van der Waals surface area contributed by atoms with Gasteiger partial charge in [-0.25, -0.2) is 4.98 Å². The number of nitrogens with zero attached hydrogens (tertiary/aromatic N) is 1. The second-order valence-electron chi connectivity index (χ2n) is 5.50. The summed E-state index contributed by atoms with van der Waals surface area (Å²) in [4.78, 5) is 19.5. The van der Waals surface area contributed by atoms with Gasteiger partial charge in [0.2, 0.25) is 0 Å². The van der Waals surface area contributed by atoms with E-state index in [1.54, 1.807) is 6.33 Å². The van der Waals surface area contributed by atoms with Crippen molar-refractivity contribution in [2.75, 3.05) is 0 Å². The van der Waals surface area contributed by atoms with Crippen LogP contribution in [0.25, 0.3) is 11.0 Å². The second kappa shape index (κ2) is 4.06. The van der Waals surface area contributed by atoms with E-state index >= 15 is 0 Å². The molecule has 3 N–H and O–H groups in total. The van der Waals surface area contributed by atoms with E-state index in [0.717, 1.165) is 17.5 Å². The number of aromatic amines is 1. The van der Waals surface area contributed by atoms with Crippen LogP contribution in [0, 0.1) is 0 Å². The zero-order valence-corrected chi connectivity index (χ0v) is 10.5. The van der Waals surface area contributed by atoms with Gasteiger partial charge in [-0.15, -0.1) is 0 Å². The van der Waals surface area contributed by atoms with E-state index in [0.29, 0.717) is 17.6 Å². The molecule has 0 aliphatic carbocycles. The number of hydrogen-bond donors (Lipinski definition) is 3. The third-order valence-corrected chi connectivity index (χ3v) is 4.30. The summed E-state index contributed by atoms with van der Waals surface area (Å²) in [6, 6.07) is 6.91. The third-order valence-electron chi connectivity index (χ3n) is 4.30. The molecule has 3 atom stereocenters. The van der Waals surface area contributed by atoms with Crippen LogP contribution in [-0.4, -0.2) is 34.0 Å². The average Bonchev–Trinajstić information content (AvgIpc) is 3.13. The molecule has 2 aromatic rings. The molecule has 0 spiro atoms. The van der Waals surface area contributed by atoms with Gasteiger partial charge in [0.05, 0.1) is 17.4 Å². The summed E-state index contributed by atoms with van der Waals surface area (Å²) in [5.41, 5.74) is 2.48. The van der Waals surface area contributed by atoms with Crippen LogP contribution in [0.5, 0.6) is 0 Å². The molecule has 2 aliphatic heterocycles. The first-order chi connectivity index (χ1) is 9.29. The fourth-order valence-electron chi connectivity index (χ4n) is 3.31. The number of carbonyl (C=O) groups is 1. The number of carbonyl (C=O) groups excluding carboxylic acids is 1. The van der Waals surface area contributed by atoms with Crippen molar-refractivity contribution < 1.29 is 4.79 Å². The smallest absolute Gasteiger partial charge is 0.251 e. The Labute approximate surface area is 110 Å². The lowest BCUT2D eigenvalue weighted by Crippen LogP contribution is -2.42. The van der Waals surface area contributed by atoms with E-state index in [9.17, 15) is 4.79 Å². The fourth-order valence-corrected chi connectivity index (χ4v) is 3.31. The van der Waals surface area contributed by atoms with Crippen molar-refractivity contribution in [3.8, 4) is 0 Å². The number of nitrogens with one attached hydrogen (secondary N) is 3. The molecule has 1 amide bonds. The van der Waals surface area contributed by atoms with Gasteiger partial charge in [0.25, 0.3) is 5.91 Å². The number of amides is 1. The Morgan fingerprint density at radius 1 is 1.37 bits per heavy atom. The molecule has 5 nitrogen and oxygen atoms in total. The summed E-state index contributed by atoms with van der Waals surface area (Å²) < 4.78 is 0. The highest BCUT2D eigenvalue weighted by Gasteiger charge is 2.39. The van der Waals surface area contributed by atoms with E-state index in [1.165, 1.54) is 12.8 Å². The van der Waals surface area contributed by atoms with Crippen molar-refractivity contribution in [2.24, 2.45) is 0 Å². The molecule has 2 bridgehead atoms. The average molecular weight is 256 g/mol.